The predicted octanol–water partition coefficient (Wildman–Crippen LogP) is 11.5. The van der Waals surface area contributed by atoms with Gasteiger partial charge in [0.25, 0.3) is 10.0 Å². The highest BCUT2D eigenvalue weighted by molar-refractivity contribution is 7.92. The number of sulfonamides is 1. The van der Waals surface area contributed by atoms with Crippen molar-refractivity contribution in [1.82, 2.24) is 14.6 Å². The number of benzene rings is 3. The molecule has 2 aromatic heterocycles. The average Bonchev–Trinajstić information content (AvgIpc) is 3.70. The number of carbonyl (C=O) groups excluding carboxylic acids is 1. The van der Waals surface area contributed by atoms with Crippen molar-refractivity contribution in [2.24, 2.45) is 28.6 Å². The third-order valence-corrected chi connectivity index (χ3v) is 13.2. The highest BCUT2D eigenvalue weighted by atomic mass is 35.5. The van der Waals surface area contributed by atoms with Crippen LogP contribution in [0.25, 0.3) is 21.9 Å². The van der Waals surface area contributed by atoms with Crippen LogP contribution in [0.5, 0.6) is 5.75 Å². The predicted molar refractivity (Wildman–Crippen MR) is 227 cm³/mol. The number of esters is 1. The summed E-state index contributed by atoms with van der Waals surface area (Å²) in [5.74, 6) is 1.25. The SMILES string of the molecule is [C-]#[N+]c1cn2[nH]c(-c3ccc(OC)c(NCc4cccc(NS(=O)(=O)c5cc(Cl)cc(Cl)c5Cl)c4)c3)nc2c1C(=O)OC1C(C(C)(C)C)CC(C)CC1C(C)(C)C. The Morgan fingerprint density at radius 2 is 1.70 bits per heavy atom. The van der Waals surface area contributed by atoms with Crippen molar-refractivity contribution in [3.05, 3.63) is 98.4 Å². The first kappa shape index (κ1) is 42.2. The summed E-state index contributed by atoms with van der Waals surface area (Å²) < 4.78 is 42.7. The molecule has 0 spiro atoms. The number of aromatic amines is 1. The molecule has 2 heterocycles. The molecular weight excluding hydrogens is 807 g/mol. The number of halogens is 3. The summed E-state index contributed by atoms with van der Waals surface area (Å²) in [6.07, 6.45) is 3.15. The largest absolute Gasteiger partial charge is 0.495 e. The highest BCUT2D eigenvalue weighted by Gasteiger charge is 2.48. The van der Waals surface area contributed by atoms with Gasteiger partial charge in [-0.15, -0.1) is 0 Å². The van der Waals surface area contributed by atoms with Gasteiger partial charge in [-0.25, -0.2) is 23.0 Å². The zero-order chi connectivity index (χ0) is 41.6. The van der Waals surface area contributed by atoms with E-state index in [1.165, 1.54) is 12.1 Å². The molecule has 0 bridgehead atoms. The van der Waals surface area contributed by atoms with E-state index < -0.39 is 16.0 Å². The minimum Gasteiger partial charge on any atom is -0.495 e. The molecule has 5 aromatic rings. The van der Waals surface area contributed by atoms with Crippen LogP contribution in [0.1, 0.15) is 77.2 Å². The number of rotatable bonds is 10. The number of hydrogen-bond acceptors (Lipinski definition) is 7. The second-order valence-corrected chi connectivity index (χ2v) is 19.8. The van der Waals surface area contributed by atoms with E-state index in [2.05, 4.69) is 68.4 Å². The zero-order valence-corrected chi connectivity index (χ0v) is 36.2. The molecule has 3 N–H and O–H groups in total. The number of nitrogens with zero attached hydrogens (tertiary/aromatic N) is 3. The summed E-state index contributed by atoms with van der Waals surface area (Å²) in [4.78, 5) is 22.5. The van der Waals surface area contributed by atoms with Crippen LogP contribution in [0.15, 0.2) is 65.7 Å². The Balaban J connectivity index is 1.25. The van der Waals surface area contributed by atoms with Crippen molar-refractivity contribution in [2.45, 2.75) is 78.9 Å². The second-order valence-electron chi connectivity index (χ2n) is 16.9. The Hall–Kier alpha value is -4.41. The van der Waals surface area contributed by atoms with E-state index >= 15 is 0 Å². The monoisotopic (exact) mass is 852 g/mol. The van der Waals surface area contributed by atoms with Crippen LogP contribution >= 0.6 is 34.8 Å². The number of fused-ring (bicyclic) bond motifs is 1. The first-order valence-electron chi connectivity index (χ1n) is 18.6. The summed E-state index contributed by atoms with van der Waals surface area (Å²) in [5.41, 5.74) is 2.80. The van der Waals surface area contributed by atoms with Crippen LogP contribution in [0, 0.1) is 35.2 Å². The molecule has 1 fully saturated rings. The lowest BCUT2D eigenvalue weighted by molar-refractivity contribution is -0.0922. The molecule has 0 radical (unpaired) electrons. The molecule has 302 valence electrons. The van der Waals surface area contributed by atoms with Gasteiger partial charge >= 0.3 is 5.97 Å². The molecule has 3 aromatic carbocycles. The quantitative estimate of drug-likeness (QED) is 0.0724. The molecule has 1 aliphatic rings. The molecule has 2 unspecified atom stereocenters. The number of methoxy groups -OCH3 is 1. The second kappa shape index (κ2) is 16.1. The van der Waals surface area contributed by atoms with Crippen LogP contribution in [0.4, 0.5) is 17.1 Å². The van der Waals surface area contributed by atoms with Crippen molar-refractivity contribution in [3.63, 3.8) is 0 Å². The third-order valence-electron chi connectivity index (χ3n) is 10.7. The number of aromatic nitrogens is 3. The van der Waals surface area contributed by atoms with Crippen molar-refractivity contribution >= 4 is 73.5 Å². The minimum atomic E-state index is -4.11. The molecule has 0 amide bonds. The first-order chi connectivity index (χ1) is 26.7. The van der Waals surface area contributed by atoms with Gasteiger partial charge in [0.05, 0.1) is 29.4 Å². The lowest BCUT2D eigenvalue weighted by atomic mass is 9.59. The number of anilines is 2. The zero-order valence-electron chi connectivity index (χ0n) is 33.1. The lowest BCUT2D eigenvalue weighted by Gasteiger charge is -2.50. The fourth-order valence-corrected chi connectivity index (χ4v) is 9.96. The lowest BCUT2D eigenvalue weighted by Crippen LogP contribution is -2.49. The number of nitrogens with one attached hydrogen (secondary N) is 3. The maximum Gasteiger partial charge on any atom is 0.331 e. The van der Waals surface area contributed by atoms with E-state index in [4.69, 9.17) is 55.8 Å². The van der Waals surface area contributed by atoms with Gasteiger partial charge in [-0.2, -0.15) is 0 Å². The highest BCUT2D eigenvalue weighted by Crippen LogP contribution is 2.50. The summed E-state index contributed by atoms with van der Waals surface area (Å²) in [7, 11) is -2.55. The fraction of sp³-hybridized carbons (Fsp3) is 0.405. The van der Waals surface area contributed by atoms with Crippen LogP contribution in [-0.4, -0.2) is 42.2 Å². The van der Waals surface area contributed by atoms with Crippen molar-refractivity contribution in [1.29, 1.82) is 0 Å². The summed E-state index contributed by atoms with van der Waals surface area (Å²) in [6.45, 7) is 23.7. The van der Waals surface area contributed by atoms with E-state index in [1.807, 2.05) is 18.2 Å². The third kappa shape index (κ3) is 9.02. The molecule has 11 nitrogen and oxygen atoms in total. The summed E-state index contributed by atoms with van der Waals surface area (Å²) in [5, 5.41) is 6.62. The maximum atomic E-state index is 14.2. The molecule has 0 saturated heterocycles. The Bertz CT molecular complexity index is 2450. The van der Waals surface area contributed by atoms with E-state index in [9.17, 15) is 13.2 Å². The standard InChI is InChI=1S/C42H47Cl3N6O5S/c1-23-15-28(41(2,3)4)37(29(16-23)42(5,6)7)56-40(52)35-32(46-8)22-51-39(35)48-38(49-51)25-13-14-33(55-9)31(18-25)47-21-24-11-10-12-27(17-24)50-57(53,54)34-20-26(43)19-30(44)36(34)45/h10-14,17-20,22-23,28-29,37,47,50H,15-16,21H2,1-7,9H3,(H,48,49). The van der Waals surface area contributed by atoms with Gasteiger partial charge in [0.2, 0.25) is 5.69 Å². The summed E-state index contributed by atoms with van der Waals surface area (Å²) >= 11 is 18.3. The van der Waals surface area contributed by atoms with Crippen molar-refractivity contribution < 1.29 is 22.7 Å². The number of hydrogen-bond donors (Lipinski definition) is 3. The number of carbonyl (C=O) groups is 1. The molecule has 0 aliphatic heterocycles. The molecule has 15 heteroatoms. The van der Waals surface area contributed by atoms with Gasteiger partial charge in [0.1, 0.15) is 22.3 Å². The smallest absolute Gasteiger partial charge is 0.331 e. The molecule has 2 atom stereocenters. The van der Waals surface area contributed by atoms with E-state index in [-0.39, 0.29) is 60.0 Å². The van der Waals surface area contributed by atoms with E-state index in [0.29, 0.717) is 46.6 Å². The Labute approximate surface area is 349 Å². The van der Waals surface area contributed by atoms with Crippen LogP contribution in [0.3, 0.4) is 0 Å². The van der Waals surface area contributed by atoms with Gasteiger partial charge < -0.3 is 14.8 Å². The molecule has 1 aliphatic carbocycles. The minimum absolute atomic E-state index is 0.0232. The molecule has 57 heavy (non-hydrogen) atoms. The van der Waals surface area contributed by atoms with Crippen molar-refractivity contribution in [3.8, 4) is 17.1 Å². The molecule has 6 rings (SSSR count). The van der Waals surface area contributed by atoms with Gasteiger partial charge in [0, 0.05) is 40.9 Å². The number of ether oxygens (including phenoxy) is 2. The van der Waals surface area contributed by atoms with Crippen LogP contribution in [0.2, 0.25) is 15.1 Å². The molecule has 1 saturated carbocycles. The number of H-pyrrole nitrogens is 1. The van der Waals surface area contributed by atoms with Gasteiger partial charge in [-0.05, 0) is 77.6 Å². The van der Waals surface area contributed by atoms with E-state index in [1.54, 1.807) is 42.1 Å². The normalized spacial score (nSPS) is 18.9. The van der Waals surface area contributed by atoms with Gasteiger partial charge in [-0.3, -0.25) is 14.3 Å². The Kier molecular flexibility index (Phi) is 11.9. The first-order valence-corrected chi connectivity index (χ1v) is 21.2. The van der Waals surface area contributed by atoms with Crippen LogP contribution < -0.4 is 14.8 Å². The summed E-state index contributed by atoms with van der Waals surface area (Å²) in [6, 6.07) is 15.0. The maximum absolute atomic E-state index is 14.2. The topological polar surface area (TPSA) is 131 Å². The fourth-order valence-electron chi connectivity index (χ4n) is 7.76. The van der Waals surface area contributed by atoms with Crippen molar-refractivity contribution in [2.75, 3.05) is 17.1 Å². The van der Waals surface area contributed by atoms with Crippen LogP contribution in [-0.2, 0) is 21.3 Å². The Morgan fingerprint density at radius 1 is 1.02 bits per heavy atom. The van der Waals surface area contributed by atoms with Gasteiger partial charge in [0.15, 0.2) is 11.5 Å². The van der Waals surface area contributed by atoms with Gasteiger partial charge in [-0.1, -0.05) is 95.4 Å². The molecular formula is C42H47Cl3N6O5S. The Morgan fingerprint density at radius 3 is 2.33 bits per heavy atom. The van der Waals surface area contributed by atoms with E-state index in [0.717, 1.165) is 18.4 Å². The average molecular weight is 854 g/mol.